The van der Waals surface area contributed by atoms with E-state index in [-0.39, 0.29) is 5.95 Å². The lowest BCUT2D eigenvalue weighted by Gasteiger charge is -2.18. The summed E-state index contributed by atoms with van der Waals surface area (Å²) in [5.41, 5.74) is 0. The molecule has 0 saturated heterocycles. The lowest BCUT2D eigenvalue weighted by Crippen LogP contribution is -2.42. The average molecular weight is 254 g/mol. The fourth-order valence-corrected chi connectivity index (χ4v) is 1.06. The number of carboxylic acids is 2. The fourth-order valence-electron chi connectivity index (χ4n) is 1.06. The van der Waals surface area contributed by atoms with E-state index in [0.29, 0.717) is 4.90 Å². The number of carbonyl (C=O) groups is 3. The van der Waals surface area contributed by atoms with Gasteiger partial charge in [-0.05, 0) is 6.07 Å². The molecule has 0 aliphatic rings. The highest BCUT2D eigenvalue weighted by Crippen LogP contribution is 1.98. The molecule has 0 aromatic carbocycles. The van der Waals surface area contributed by atoms with Gasteiger partial charge in [0, 0.05) is 12.4 Å². The number of hydrogen-bond donors (Lipinski definition) is 3. The van der Waals surface area contributed by atoms with Crippen LogP contribution in [-0.4, -0.2) is 56.1 Å². The lowest BCUT2D eigenvalue weighted by molar-refractivity contribution is -0.140. The molecule has 9 nitrogen and oxygen atoms in total. The molecule has 0 spiro atoms. The molecule has 96 valence electrons. The van der Waals surface area contributed by atoms with Gasteiger partial charge in [-0.1, -0.05) is 0 Å². The van der Waals surface area contributed by atoms with Crippen molar-refractivity contribution in [1.82, 2.24) is 14.9 Å². The molecule has 0 fully saturated rings. The first-order chi connectivity index (χ1) is 8.49. The van der Waals surface area contributed by atoms with Crippen molar-refractivity contribution in [3.05, 3.63) is 18.5 Å². The van der Waals surface area contributed by atoms with E-state index in [1.807, 2.05) is 0 Å². The first kappa shape index (κ1) is 13.4. The Bertz CT molecular complexity index is 434. The molecule has 18 heavy (non-hydrogen) atoms. The molecule has 9 heteroatoms. The van der Waals surface area contributed by atoms with Crippen LogP contribution in [0.4, 0.5) is 10.7 Å². The molecular formula is C9H10N4O5. The zero-order valence-corrected chi connectivity index (χ0v) is 9.11. The minimum atomic E-state index is -1.32. The van der Waals surface area contributed by atoms with Crippen molar-refractivity contribution in [3.8, 4) is 0 Å². The highest BCUT2D eigenvalue weighted by Gasteiger charge is 2.20. The van der Waals surface area contributed by atoms with Crippen LogP contribution in [-0.2, 0) is 9.59 Å². The maximum Gasteiger partial charge on any atom is 0.325 e. The molecule has 3 N–H and O–H groups in total. The van der Waals surface area contributed by atoms with Crippen LogP contribution >= 0.6 is 0 Å². The van der Waals surface area contributed by atoms with E-state index in [1.54, 1.807) is 0 Å². The Kier molecular flexibility index (Phi) is 4.55. The second kappa shape index (κ2) is 6.13. The number of carbonyl (C=O) groups excluding carboxylic acids is 1. The molecule has 1 rings (SSSR count). The van der Waals surface area contributed by atoms with E-state index in [0.717, 1.165) is 0 Å². The summed E-state index contributed by atoms with van der Waals surface area (Å²) >= 11 is 0. The number of urea groups is 1. The number of anilines is 1. The van der Waals surface area contributed by atoms with Crippen molar-refractivity contribution in [2.24, 2.45) is 0 Å². The van der Waals surface area contributed by atoms with Crippen LogP contribution in [0, 0.1) is 0 Å². The quantitative estimate of drug-likeness (QED) is 0.643. The number of hydrogen-bond acceptors (Lipinski definition) is 5. The third-order valence-corrected chi connectivity index (χ3v) is 1.72. The SMILES string of the molecule is O=C(O)CN(CC(=O)O)C(=O)Nc1ncccn1. The summed E-state index contributed by atoms with van der Waals surface area (Å²) in [7, 11) is 0. The number of aromatic nitrogens is 2. The monoisotopic (exact) mass is 254 g/mol. The first-order valence-corrected chi connectivity index (χ1v) is 4.75. The van der Waals surface area contributed by atoms with Crippen molar-refractivity contribution in [3.63, 3.8) is 0 Å². The minimum Gasteiger partial charge on any atom is -0.480 e. The molecule has 0 bridgehead atoms. The Morgan fingerprint density at radius 2 is 1.61 bits per heavy atom. The van der Waals surface area contributed by atoms with Crippen molar-refractivity contribution >= 4 is 23.9 Å². The average Bonchev–Trinajstić information content (AvgIpc) is 2.28. The summed E-state index contributed by atoms with van der Waals surface area (Å²) in [5, 5.41) is 19.3. The van der Waals surface area contributed by atoms with Gasteiger partial charge < -0.3 is 15.1 Å². The highest BCUT2D eigenvalue weighted by atomic mass is 16.4. The Hall–Kier alpha value is -2.71. The Balaban J connectivity index is 2.69. The molecule has 0 saturated carbocycles. The second-order valence-electron chi connectivity index (χ2n) is 3.15. The molecule has 0 atom stereocenters. The number of nitrogens with one attached hydrogen (secondary N) is 1. The maximum atomic E-state index is 11.6. The van der Waals surface area contributed by atoms with Crippen LogP contribution in [0.1, 0.15) is 0 Å². The standard InChI is InChI=1S/C9H10N4O5/c14-6(15)4-13(5-7(16)17)9(18)12-8-10-2-1-3-11-8/h1-3H,4-5H2,(H,14,15)(H,16,17)(H,10,11,12,18). The zero-order chi connectivity index (χ0) is 13.5. The summed E-state index contributed by atoms with van der Waals surface area (Å²) in [5.74, 6) is -2.68. The number of carboxylic acid groups (broad SMARTS) is 2. The van der Waals surface area contributed by atoms with Crippen LogP contribution in [0.5, 0.6) is 0 Å². The molecular weight excluding hydrogens is 244 g/mol. The van der Waals surface area contributed by atoms with E-state index < -0.39 is 31.1 Å². The number of aliphatic carboxylic acids is 2. The Morgan fingerprint density at radius 1 is 1.11 bits per heavy atom. The number of rotatable bonds is 5. The number of amides is 2. The van der Waals surface area contributed by atoms with Crippen molar-refractivity contribution < 1.29 is 24.6 Å². The zero-order valence-electron chi connectivity index (χ0n) is 9.11. The first-order valence-electron chi connectivity index (χ1n) is 4.75. The lowest BCUT2D eigenvalue weighted by atomic mass is 10.5. The van der Waals surface area contributed by atoms with Gasteiger partial charge in [0.1, 0.15) is 13.1 Å². The van der Waals surface area contributed by atoms with Gasteiger partial charge in [-0.15, -0.1) is 0 Å². The van der Waals surface area contributed by atoms with Gasteiger partial charge in [0.2, 0.25) is 5.95 Å². The summed E-state index contributed by atoms with van der Waals surface area (Å²) in [6.07, 6.45) is 2.75. The third kappa shape index (κ3) is 4.43. The number of nitrogens with zero attached hydrogens (tertiary/aromatic N) is 3. The molecule has 2 amide bonds. The second-order valence-corrected chi connectivity index (χ2v) is 3.15. The molecule has 1 aromatic heterocycles. The van der Waals surface area contributed by atoms with Gasteiger partial charge in [0.25, 0.3) is 0 Å². The molecule has 0 radical (unpaired) electrons. The predicted molar refractivity (Wildman–Crippen MR) is 57.9 cm³/mol. The maximum absolute atomic E-state index is 11.6. The van der Waals surface area contributed by atoms with E-state index in [4.69, 9.17) is 10.2 Å². The van der Waals surface area contributed by atoms with Gasteiger partial charge in [-0.25, -0.2) is 14.8 Å². The molecule has 0 unspecified atom stereocenters. The van der Waals surface area contributed by atoms with Gasteiger partial charge in [-0.3, -0.25) is 14.9 Å². The van der Waals surface area contributed by atoms with E-state index in [2.05, 4.69) is 15.3 Å². The summed E-state index contributed by atoms with van der Waals surface area (Å²) < 4.78 is 0. The van der Waals surface area contributed by atoms with Gasteiger partial charge >= 0.3 is 18.0 Å². The Labute approximate surface area is 101 Å². The van der Waals surface area contributed by atoms with Crippen molar-refractivity contribution in [2.45, 2.75) is 0 Å². The molecule has 1 heterocycles. The van der Waals surface area contributed by atoms with Crippen LogP contribution in [0.25, 0.3) is 0 Å². The minimum absolute atomic E-state index is 0.0386. The summed E-state index contributed by atoms with van der Waals surface area (Å²) in [4.78, 5) is 40.6. The van der Waals surface area contributed by atoms with E-state index >= 15 is 0 Å². The largest absolute Gasteiger partial charge is 0.480 e. The van der Waals surface area contributed by atoms with Crippen LogP contribution in [0.3, 0.4) is 0 Å². The van der Waals surface area contributed by atoms with Crippen molar-refractivity contribution in [2.75, 3.05) is 18.4 Å². The van der Waals surface area contributed by atoms with Gasteiger partial charge in [0.05, 0.1) is 0 Å². The van der Waals surface area contributed by atoms with Crippen LogP contribution in [0.2, 0.25) is 0 Å². The van der Waals surface area contributed by atoms with E-state index in [9.17, 15) is 14.4 Å². The Morgan fingerprint density at radius 3 is 2.06 bits per heavy atom. The van der Waals surface area contributed by atoms with Crippen LogP contribution in [0.15, 0.2) is 18.5 Å². The normalized spacial score (nSPS) is 9.56. The molecule has 0 aliphatic carbocycles. The topological polar surface area (TPSA) is 133 Å². The predicted octanol–water partition coefficient (Wildman–Crippen LogP) is -0.520. The smallest absolute Gasteiger partial charge is 0.325 e. The van der Waals surface area contributed by atoms with Crippen LogP contribution < -0.4 is 5.32 Å². The summed E-state index contributed by atoms with van der Waals surface area (Å²) in [6, 6.07) is 0.632. The summed E-state index contributed by atoms with van der Waals surface area (Å²) in [6.45, 7) is -1.46. The van der Waals surface area contributed by atoms with Crippen molar-refractivity contribution in [1.29, 1.82) is 0 Å². The van der Waals surface area contributed by atoms with E-state index in [1.165, 1.54) is 18.5 Å². The van der Waals surface area contributed by atoms with Gasteiger partial charge in [0.15, 0.2) is 0 Å². The fraction of sp³-hybridized carbons (Fsp3) is 0.222. The van der Waals surface area contributed by atoms with Gasteiger partial charge in [-0.2, -0.15) is 0 Å². The highest BCUT2D eigenvalue weighted by molar-refractivity contribution is 5.91. The third-order valence-electron chi connectivity index (χ3n) is 1.72. The molecule has 0 aliphatic heterocycles. The molecule has 1 aromatic rings.